The third-order valence-electron chi connectivity index (χ3n) is 2.76. The van der Waals surface area contributed by atoms with Crippen molar-refractivity contribution in [1.82, 2.24) is 0 Å². The van der Waals surface area contributed by atoms with Crippen molar-refractivity contribution < 1.29 is 5.32 Å². The molecule has 2 nitrogen and oxygen atoms in total. The summed E-state index contributed by atoms with van der Waals surface area (Å²) >= 11 is 5.83. The van der Waals surface area contributed by atoms with Gasteiger partial charge in [0.1, 0.15) is 13.1 Å². The van der Waals surface area contributed by atoms with E-state index in [9.17, 15) is 0 Å². The van der Waals surface area contributed by atoms with Gasteiger partial charge in [-0.2, -0.15) is 5.26 Å². The fourth-order valence-corrected chi connectivity index (χ4v) is 1.87. The van der Waals surface area contributed by atoms with Crippen LogP contribution in [0.5, 0.6) is 0 Å². The van der Waals surface area contributed by atoms with E-state index in [1.165, 1.54) is 11.1 Å². The Kier molecular flexibility index (Phi) is 4.35. The zero-order valence-corrected chi connectivity index (χ0v) is 10.7. The molecule has 2 aromatic rings. The zero-order valence-electron chi connectivity index (χ0n) is 9.94. The second-order valence-corrected chi connectivity index (χ2v) is 4.57. The highest BCUT2D eigenvalue weighted by Crippen LogP contribution is 2.08. The number of rotatable bonds is 4. The lowest BCUT2D eigenvalue weighted by molar-refractivity contribution is -0.686. The lowest BCUT2D eigenvalue weighted by atomic mass is 10.1. The number of benzene rings is 2. The van der Waals surface area contributed by atoms with E-state index < -0.39 is 0 Å². The maximum atomic E-state index is 8.71. The van der Waals surface area contributed by atoms with Crippen molar-refractivity contribution in [2.45, 2.75) is 13.1 Å². The molecule has 0 spiro atoms. The molecule has 2 rings (SSSR count). The van der Waals surface area contributed by atoms with E-state index in [0.717, 1.165) is 18.1 Å². The molecular formula is C15H14ClN2+. The number of hydrogen-bond acceptors (Lipinski definition) is 1. The van der Waals surface area contributed by atoms with Gasteiger partial charge in [0.15, 0.2) is 0 Å². The summed E-state index contributed by atoms with van der Waals surface area (Å²) in [6.45, 7) is 1.84. The first kappa shape index (κ1) is 12.6. The quantitative estimate of drug-likeness (QED) is 0.898. The summed E-state index contributed by atoms with van der Waals surface area (Å²) in [4.78, 5) is 0. The second kappa shape index (κ2) is 6.20. The Hall–Kier alpha value is -1.82. The summed E-state index contributed by atoms with van der Waals surface area (Å²) in [7, 11) is 0. The van der Waals surface area contributed by atoms with Crippen LogP contribution in [-0.2, 0) is 13.1 Å². The minimum atomic E-state index is 0.705. The molecular weight excluding hydrogens is 244 g/mol. The number of nitrogens with zero attached hydrogens (tertiary/aromatic N) is 1. The Morgan fingerprint density at radius 3 is 1.89 bits per heavy atom. The van der Waals surface area contributed by atoms with Crippen LogP contribution < -0.4 is 5.32 Å². The van der Waals surface area contributed by atoms with Crippen LogP contribution in [0.3, 0.4) is 0 Å². The maximum absolute atomic E-state index is 8.71. The fourth-order valence-electron chi connectivity index (χ4n) is 1.74. The van der Waals surface area contributed by atoms with Crippen molar-refractivity contribution in [2.75, 3.05) is 0 Å². The molecule has 18 heavy (non-hydrogen) atoms. The Balaban J connectivity index is 1.84. The van der Waals surface area contributed by atoms with Crippen LogP contribution in [0.2, 0.25) is 5.02 Å². The Morgan fingerprint density at radius 1 is 0.889 bits per heavy atom. The largest absolute Gasteiger partial charge is 0.339 e. The van der Waals surface area contributed by atoms with Gasteiger partial charge in [0.05, 0.1) is 11.6 Å². The van der Waals surface area contributed by atoms with Gasteiger partial charge in [-0.3, -0.25) is 0 Å². The smallest absolute Gasteiger partial charge is 0.101 e. The van der Waals surface area contributed by atoms with Crippen LogP contribution in [-0.4, -0.2) is 0 Å². The van der Waals surface area contributed by atoms with E-state index in [4.69, 9.17) is 16.9 Å². The van der Waals surface area contributed by atoms with Gasteiger partial charge in [-0.25, -0.2) is 0 Å². The molecule has 90 valence electrons. The Bertz CT molecular complexity index is 538. The van der Waals surface area contributed by atoms with E-state index in [-0.39, 0.29) is 0 Å². The van der Waals surface area contributed by atoms with Gasteiger partial charge in [0, 0.05) is 16.1 Å². The first-order valence-electron chi connectivity index (χ1n) is 5.83. The summed E-state index contributed by atoms with van der Waals surface area (Å²) < 4.78 is 0. The summed E-state index contributed by atoms with van der Waals surface area (Å²) in [5, 5.41) is 11.7. The number of quaternary nitrogens is 1. The van der Waals surface area contributed by atoms with E-state index >= 15 is 0 Å². The van der Waals surface area contributed by atoms with Gasteiger partial charge in [0.2, 0.25) is 0 Å². The minimum Gasteiger partial charge on any atom is -0.339 e. The lowest BCUT2D eigenvalue weighted by Crippen LogP contribution is -2.80. The first-order valence-corrected chi connectivity index (χ1v) is 6.21. The molecule has 0 amide bonds. The summed E-state index contributed by atoms with van der Waals surface area (Å²) in [6.07, 6.45) is 0. The van der Waals surface area contributed by atoms with Crippen LogP contribution in [0.4, 0.5) is 0 Å². The minimum absolute atomic E-state index is 0.705. The molecule has 0 aliphatic rings. The number of nitriles is 1. The van der Waals surface area contributed by atoms with Crippen molar-refractivity contribution in [1.29, 1.82) is 5.26 Å². The summed E-state index contributed by atoms with van der Waals surface area (Å²) in [5.41, 5.74) is 3.19. The molecule has 0 aromatic heterocycles. The van der Waals surface area contributed by atoms with Gasteiger partial charge in [0.25, 0.3) is 0 Å². The summed E-state index contributed by atoms with van der Waals surface area (Å²) in [6, 6.07) is 17.7. The third-order valence-corrected chi connectivity index (χ3v) is 3.01. The molecule has 0 atom stereocenters. The lowest BCUT2D eigenvalue weighted by Gasteiger charge is -2.02. The van der Waals surface area contributed by atoms with Crippen LogP contribution in [0.1, 0.15) is 16.7 Å². The molecule has 2 N–H and O–H groups in total. The topological polar surface area (TPSA) is 40.4 Å². The van der Waals surface area contributed by atoms with Crippen LogP contribution in [0.15, 0.2) is 48.5 Å². The highest BCUT2D eigenvalue weighted by Gasteiger charge is 1.98. The third kappa shape index (κ3) is 3.59. The van der Waals surface area contributed by atoms with Crippen molar-refractivity contribution in [3.63, 3.8) is 0 Å². The van der Waals surface area contributed by atoms with Crippen LogP contribution in [0, 0.1) is 11.3 Å². The normalized spacial score (nSPS) is 10.0. The predicted molar refractivity (Wildman–Crippen MR) is 71.9 cm³/mol. The van der Waals surface area contributed by atoms with Gasteiger partial charge >= 0.3 is 0 Å². The highest BCUT2D eigenvalue weighted by atomic mass is 35.5. The monoisotopic (exact) mass is 257 g/mol. The fraction of sp³-hybridized carbons (Fsp3) is 0.133. The van der Waals surface area contributed by atoms with E-state index in [0.29, 0.717) is 5.56 Å². The standard InChI is InChI=1S/C15H13ClN2/c16-15-7-5-14(6-8-15)11-18-10-13-3-1-12(9-17)2-4-13/h1-8,18H,10-11H2/p+1. The Morgan fingerprint density at radius 2 is 1.39 bits per heavy atom. The first-order chi connectivity index (χ1) is 8.78. The number of hydrogen-bond donors (Lipinski definition) is 1. The SMILES string of the molecule is N#Cc1ccc(C[NH2+]Cc2ccc(Cl)cc2)cc1. The second-order valence-electron chi connectivity index (χ2n) is 4.13. The van der Waals surface area contributed by atoms with E-state index in [1.54, 1.807) is 0 Å². The maximum Gasteiger partial charge on any atom is 0.101 e. The zero-order chi connectivity index (χ0) is 12.8. The molecule has 2 aromatic carbocycles. The summed E-state index contributed by atoms with van der Waals surface area (Å²) in [5.74, 6) is 0. The molecule has 0 bridgehead atoms. The average molecular weight is 258 g/mol. The van der Waals surface area contributed by atoms with Crippen LogP contribution in [0.25, 0.3) is 0 Å². The van der Waals surface area contributed by atoms with Gasteiger partial charge in [-0.15, -0.1) is 0 Å². The van der Waals surface area contributed by atoms with Crippen molar-refractivity contribution in [3.05, 3.63) is 70.2 Å². The molecule has 0 aliphatic carbocycles. The molecule has 3 heteroatoms. The van der Waals surface area contributed by atoms with E-state index in [1.807, 2.05) is 48.5 Å². The van der Waals surface area contributed by atoms with E-state index in [2.05, 4.69) is 11.4 Å². The molecule has 0 unspecified atom stereocenters. The molecule has 0 aliphatic heterocycles. The van der Waals surface area contributed by atoms with Gasteiger partial charge in [-0.1, -0.05) is 35.9 Å². The molecule has 0 fully saturated rings. The molecule has 0 saturated heterocycles. The molecule has 0 heterocycles. The van der Waals surface area contributed by atoms with Crippen LogP contribution >= 0.6 is 11.6 Å². The Labute approximate surface area is 112 Å². The molecule has 0 saturated carbocycles. The molecule has 0 radical (unpaired) electrons. The van der Waals surface area contributed by atoms with Crippen molar-refractivity contribution in [3.8, 4) is 6.07 Å². The number of halogens is 1. The average Bonchev–Trinajstić information content (AvgIpc) is 2.42. The van der Waals surface area contributed by atoms with Crippen molar-refractivity contribution in [2.24, 2.45) is 0 Å². The predicted octanol–water partition coefficient (Wildman–Crippen LogP) is 2.48. The van der Waals surface area contributed by atoms with Gasteiger partial charge < -0.3 is 5.32 Å². The number of nitrogens with two attached hydrogens (primary N) is 1. The van der Waals surface area contributed by atoms with Crippen molar-refractivity contribution >= 4 is 11.6 Å². The highest BCUT2D eigenvalue weighted by molar-refractivity contribution is 6.30. The van der Waals surface area contributed by atoms with Gasteiger partial charge in [-0.05, 0) is 24.3 Å².